The number of ether oxygens (including phenoxy) is 1. The van der Waals surface area contributed by atoms with Gasteiger partial charge in [-0.25, -0.2) is 14.8 Å². The Hall–Kier alpha value is -3.14. The number of nitrogens with one attached hydrogen (secondary N) is 1. The Bertz CT molecular complexity index is 1030. The number of benzene rings is 1. The molecule has 0 bridgehead atoms. The highest BCUT2D eigenvalue weighted by Gasteiger charge is 2.52. The Kier molecular flexibility index (Phi) is 7.35. The van der Waals surface area contributed by atoms with Crippen LogP contribution in [0, 0.1) is 5.92 Å². The highest BCUT2D eigenvalue weighted by Crippen LogP contribution is 2.33. The maximum absolute atomic E-state index is 13.3. The van der Waals surface area contributed by atoms with Crippen LogP contribution >= 0.6 is 11.8 Å². The van der Waals surface area contributed by atoms with Gasteiger partial charge in [0.1, 0.15) is 11.3 Å². The zero-order valence-electron chi connectivity index (χ0n) is 19.4. The second-order valence-corrected chi connectivity index (χ2v) is 9.60. The molecule has 1 atom stereocenters. The van der Waals surface area contributed by atoms with E-state index in [2.05, 4.69) is 15.3 Å². The van der Waals surface area contributed by atoms with Crippen LogP contribution < -0.4 is 10.1 Å². The molecule has 9 nitrogen and oxygen atoms in total. The number of hydrogen-bond donors (Lipinski definition) is 1. The lowest BCUT2D eigenvalue weighted by atomic mass is 9.79. The molecule has 2 fully saturated rings. The van der Waals surface area contributed by atoms with Crippen LogP contribution in [0.2, 0.25) is 0 Å². The van der Waals surface area contributed by atoms with Crippen LogP contribution in [0.5, 0.6) is 5.75 Å². The average Bonchev–Trinajstić information content (AvgIpc) is 3.10. The quantitative estimate of drug-likeness (QED) is 0.349. The van der Waals surface area contributed by atoms with Gasteiger partial charge in [0.2, 0.25) is 5.91 Å². The minimum atomic E-state index is -0.946. The number of carbonyl (C=O) groups excluding carboxylic acids is 3. The molecule has 34 heavy (non-hydrogen) atoms. The molecule has 0 saturated carbocycles. The van der Waals surface area contributed by atoms with E-state index in [4.69, 9.17) is 4.74 Å². The number of rotatable bonds is 8. The lowest BCUT2D eigenvalue weighted by molar-refractivity contribution is -0.134. The van der Waals surface area contributed by atoms with Crippen molar-refractivity contribution in [3.63, 3.8) is 0 Å². The van der Waals surface area contributed by atoms with E-state index in [1.54, 1.807) is 25.6 Å². The summed E-state index contributed by atoms with van der Waals surface area (Å²) in [6.45, 7) is 3.25. The van der Waals surface area contributed by atoms with E-state index in [1.807, 2.05) is 36.1 Å². The van der Waals surface area contributed by atoms with Crippen LogP contribution in [0.4, 0.5) is 4.79 Å². The van der Waals surface area contributed by atoms with Crippen molar-refractivity contribution in [3.05, 3.63) is 48.3 Å². The topological polar surface area (TPSA) is 105 Å². The molecule has 4 rings (SSSR count). The van der Waals surface area contributed by atoms with Gasteiger partial charge in [-0.3, -0.25) is 14.5 Å². The molecule has 1 aromatic heterocycles. The largest absolute Gasteiger partial charge is 0.497 e. The smallest absolute Gasteiger partial charge is 0.325 e. The molecular weight excluding hydrogens is 454 g/mol. The summed E-state index contributed by atoms with van der Waals surface area (Å²) in [5, 5.41) is 3.51. The van der Waals surface area contributed by atoms with E-state index in [1.165, 1.54) is 16.7 Å². The van der Waals surface area contributed by atoms with Crippen molar-refractivity contribution < 1.29 is 19.1 Å². The number of likely N-dealkylation sites (tertiary alicyclic amines) is 1. The predicted molar refractivity (Wildman–Crippen MR) is 127 cm³/mol. The Balaban J connectivity index is 1.29. The molecule has 0 aliphatic carbocycles. The summed E-state index contributed by atoms with van der Waals surface area (Å²) in [5.41, 5.74) is 0.0827. The molecule has 180 valence electrons. The van der Waals surface area contributed by atoms with Crippen molar-refractivity contribution in [2.75, 3.05) is 32.5 Å². The fourth-order valence-corrected chi connectivity index (χ4v) is 5.22. The molecule has 1 N–H and O–H groups in total. The summed E-state index contributed by atoms with van der Waals surface area (Å²) >= 11 is 1.32. The fourth-order valence-electron chi connectivity index (χ4n) is 4.51. The third-order valence-electron chi connectivity index (χ3n) is 6.62. The lowest BCUT2D eigenvalue weighted by Gasteiger charge is -2.38. The molecule has 2 saturated heterocycles. The molecule has 4 amide bonds. The normalized spacial score (nSPS) is 21.0. The molecule has 0 radical (unpaired) electrons. The molecule has 2 aromatic rings. The number of hydrogen-bond acceptors (Lipinski definition) is 7. The molecule has 10 heteroatoms. The summed E-state index contributed by atoms with van der Waals surface area (Å²) in [6, 6.07) is 8.99. The van der Waals surface area contributed by atoms with Gasteiger partial charge in [0.15, 0.2) is 5.16 Å². The molecule has 1 unspecified atom stereocenters. The van der Waals surface area contributed by atoms with E-state index in [-0.39, 0.29) is 29.5 Å². The molecule has 3 heterocycles. The number of carbonyl (C=O) groups is 3. The standard InChI is InChI=1S/C24H29N5O4S/c1-24(18-9-13-28(14-10-18)20(30)16-34-22-25-11-3-12-26-22)21(31)29(23(32)27-24)15-8-17-4-6-19(33-2)7-5-17/h3-7,11-12,18H,8-10,13-16H2,1-2H3,(H,27,32). The number of methoxy groups -OCH3 is 1. The molecular formula is C24H29N5O4S. The Labute approximate surface area is 203 Å². The number of amides is 4. The van der Waals surface area contributed by atoms with Crippen molar-refractivity contribution in [3.8, 4) is 5.75 Å². The van der Waals surface area contributed by atoms with Crippen molar-refractivity contribution in [1.82, 2.24) is 25.1 Å². The Morgan fingerprint density at radius 1 is 1.18 bits per heavy atom. The Morgan fingerprint density at radius 2 is 1.85 bits per heavy atom. The number of imide groups is 1. The minimum Gasteiger partial charge on any atom is -0.497 e. The molecule has 1 aromatic carbocycles. The van der Waals surface area contributed by atoms with Gasteiger partial charge in [-0.1, -0.05) is 23.9 Å². The minimum absolute atomic E-state index is 0.0240. The number of urea groups is 1. The van der Waals surface area contributed by atoms with Crippen LogP contribution in [-0.2, 0) is 16.0 Å². The van der Waals surface area contributed by atoms with Crippen LogP contribution in [0.25, 0.3) is 0 Å². The van der Waals surface area contributed by atoms with Gasteiger partial charge in [0, 0.05) is 32.0 Å². The average molecular weight is 484 g/mol. The van der Waals surface area contributed by atoms with Crippen molar-refractivity contribution in [2.45, 2.75) is 36.9 Å². The van der Waals surface area contributed by atoms with Gasteiger partial charge >= 0.3 is 6.03 Å². The van der Waals surface area contributed by atoms with E-state index >= 15 is 0 Å². The third kappa shape index (κ3) is 5.16. The number of aromatic nitrogens is 2. The SMILES string of the molecule is COc1ccc(CCN2C(=O)NC(C)(C3CCN(C(=O)CSc4ncccn4)CC3)C2=O)cc1. The first-order valence-corrected chi connectivity index (χ1v) is 12.3. The summed E-state index contributed by atoms with van der Waals surface area (Å²) in [7, 11) is 1.61. The Morgan fingerprint density at radius 3 is 2.50 bits per heavy atom. The van der Waals surface area contributed by atoms with Gasteiger partial charge in [0.25, 0.3) is 5.91 Å². The summed E-state index contributed by atoms with van der Waals surface area (Å²) in [6.07, 6.45) is 5.20. The second kappa shape index (κ2) is 10.4. The zero-order valence-corrected chi connectivity index (χ0v) is 20.2. The summed E-state index contributed by atoms with van der Waals surface area (Å²) < 4.78 is 5.17. The number of piperidine rings is 1. The van der Waals surface area contributed by atoms with Crippen LogP contribution in [0.3, 0.4) is 0 Å². The van der Waals surface area contributed by atoms with Gasteiger partial charge < -0.3 is 15.0 Å². The highest BCUT2D eigenvalue weighted by atomic mass is 32.2. The van der Waals surface area contributed by atoms with Crippen LogP contribution in [-0.4, -0.2) is 75.6 Å². The maximum atomic E-state index is 13.3. The van der Waals surface area contributed by atoms with E-state index in [0.29, 0.717) is 44.1 Å². The van der Waals surface area contributed by atoms with Crippen molar-refractivity contribution in [2.24, 2.45) is 5.92 Å². The van der Waals surface area contributed by atoms with Crippen molar-refractivity contribution >= 4 is 29.6 Å². The van der Waals surface area contributed by atoms with Gasteiger partial charge in [-0.15, -0.1) is 0 Å². The monoisotopic (exact) mass is 483 g/mol. The van der Waals surface area contributed by atoms with Gasteiger partial charge in [-0.05, 0) is 55.9 Å². The fraction of sp³-hybridized carbons (Fsp3) is 0.458. The first-order chi connectivity index (χ1) is 16.4. The van der Waals surface area contributed by atoms with Crippen LogP contribution in [0.15, 0.2) is 47.9 Å². The molecule has 0 spiro atoms. The molecule has 2 aliphatic heterocycles. The number of thioether (sulfide) groups is 1. The second-order valence-electron chi connectivity index (χ2n) is 8.66. The highest BCUT2D eigenvalue weighted by molar-refractivity contribution is 7.99. The lowest BCUT2D eigenvalue weighted by Crippen LogP contribution is -2.54. The van der Waals surface area contributed by atoms with Gasteiger partial charge in [-0.2, -0.15) is 0 Å². The third-order valence-corrected chi connectivity index (χ3v) is 7.48. The predicted octanol–water partition coefficient (Wildman–Crippen LogP) is 2.37. The summed E-state index contributed by atoms with van der Waals surface area (Å²) in [5.74, 6) is 0.865. The van der Waals surface area contributed by atoms with E-state index in [9.17, 15) is 14.4 Å². The first kappa shape index (κ1) is 24.0. The van der Waals surface area contributed by atoms with Crippen molar-refractivity contribution in [1.29, 1.82) is 0 Å². The van der Waals surface area contributed by atoms with Crippen LogP contribution in [0.1, 0.15) is 25.3 Å². The number of nitrogens with zero attached hydrogens (tertiary/aromatic N) is 4. The van der Waals surface area contributed by atoms with E-state index < -0.39 is 5.54 Å². The van der Waals surface area contributed by atoms with E-state index in [0.717, 1.165) is 11.3 Å². The summed E-state index contributed by atoms with van der Waals surface area (Å²) in [4.78, 5) is 49.9. The maximum Gasteiger partial charge on any atom is 0.325 e. The molecule has 2 aliphatic rings. The zero-order chi connectivity index (χ0) is 24.1. The van der Waals surface area contributed by atoms with Gasteiger partial charge in [0.05, 0.1) is 12.9 Å². The first-order valence-electron chi connectivity index (χ1n) is 11.4.